The van der Waals surface area contributed by atoms with Gasteiger partial charge in [0.1, 0.15) is 17.0 Å². The largest absolute Gasteiger partial charge is 0.493 e. The van der Waals surface area contributed by atoms with Crippen LogP contribution in [0.5, 0.6) is 5.75 Å². The summed E-state index contributed by atoms with van der Waals surface area (Å²) < 4.78 is 6.47. The molecule has 0 aliphatic heterocycles. The molecule has 1 heterocycles. The second-order valence-corrected chi connectivity index (χ2v) is 14.8. The minimum absolute atomic E-state index is 0.0400. The number of H-pyrrole nitrogens is 1. The Labute approximate surface area is 282 Å². The molecule has 2 atom stereocenters. The Morgan fingerprint density at radius 1 is 0.957 bits per heavy atom. The number of carbonyl (C=O) groups excluding carboxylic acids is 3. The maximum atomic E-state index is 13.9. The Morgan fingerprint density at radius 2 is 1.54 bits per heavy atom. The van der Waals surface area contributed by atoms with E-state index >= 15 is 0 Å². The third-order valence-corrected chi connectivity index (χ3v) is 9.61. The molecule has 1 aromatic heterocycles. The Kier molecular flexibility index (Phi) is 11.4. The van der Waals surface area contributed by atoms with Gasteiger partial charge in [0.25, 0.3) is 0 Å². The van der Waals surface area contributed by atoms with E-state index in [4.69, 9.17) is 33.7 Å². The van der Waals surface area contributed by atoms with Gasteiger partial charge in [-0.25, -0.2) is 4.98 Å². The first-order valence-electron chi connectivity index (χ1n) is 15.6. The zero-order chi connectivity index (χ0) is 34.7. The molecular formula is C35H47Cl2N5O4. The van der Waals surface area contributed by atoms with Gasteiger partial charge in [0.05, 0.1) is 6.61 Å². The number of rotatable bonds is 14. The highest BCUT2D eigenvalue weighted by molar-refractivity contribution is 6.32. The topological polar surface area (TPSA) is 140 Å². The predicted molar refractivity (Wildman–Crippen MR) is 184 cm³/mol. The summed E-state index contributed by atoms with van der Waals surface area (Å²) in [6.45, 7) is 17.7. The van der Waals surface area contributed by atoms with Crippen LogP contribution in [0.15, 0.2) is 42.5 Å². The molecule has 0 aliphatic rings. The molecule has 2 aromatic carbocycles. The van der Waals surface area contributed by atoms with Gasteiger partial charge in [-0.05, 0) is 64.6 Å². The molecule has 0 fully saturated rings. The van der Waals surface area contributed by atoms with Crippen LogP contribution in [-0.2, 0) is 30.6 Å². The van der Waals surface area contributed by atoms with Crippen molar-refractivity contribution in [2.75, 3.05) is 11.9 Å². The van der Waals surface area contributed by atoms with Gasteiger partial charge in [0.15, 0.2) is 11.2 Å². The lowest BCUT2D eigenvalue weighted by Gasteiger charge is -2.34. The predicted octanol–water partition coefficient (Wildman–Crippen LogP) is 7.56. The van der Waals surface area contributed by atoms with Crippen LogP contribution >= 0.6 is 23.2 Å². The van der Waals surface area contributed by atoms with Crippen molar-refractivity contribution in [1.82, 2.24) is 15.2 Å². The second kappa shape index (κ2) is 14.1. The molecule has 3 rings (SSSR count). The number of para-hydroxylation sites is 1. The summed E-state index contributed by atoms with van der Waals surface area (Å²) >= 11 is 13.0. The van der Waals surface area contributed by atoms with E-state index in [0.29, 0.717) is 17.0 Å². The third kappa shape index (κ3) is 7.74. The van der Waals surface area contributed by atoms with E-state index in [1.165, 1.54) is 0 Å². The highest BCUT2D eigenvalue weighted by Gasteiger charge is 2.52. The van der Waals surface area contributed by atoms with Crippen LogP contribution in [0.1, 0.15) is 109 Å². The van der Waals surface area contributed by atoms with Gasteiger partial charge < -0.3 is 15.8 Å². The quantitative estimate of drug-likeness (QED) is 0.119. The number of carbonyl (C=O) groups is 3. The molecule has 0 spiro atoms. The first kappa shape index (κ1) is 37.0. The molecule has 9 nitrogen and oxygen atoms in total. The van der Waals surface area contributed by atoms with Crippen molar-refractivity contribution in [2.45, 2.75) is 103 Å². The van der Waals surface area contributed by atoms with Crippen LogP contribution < -0.4 is 15.8 Å². The van der Waals surface area contributed by atoms with Gasteiger partial charge in [-0.2, -0.15) is 0 Å². The summed E-state index contributed by atoms with van der Waals surface area (Å²) in [5.74, 6) is -1.26. The number of benzene rings is 2. The second-order valence-electron chi connectivity index (χ2n) is 14.0. The summed E-state index contributed by atoms with van der Waals surface area (Å²) in [6, 6.07) is 13.0. The van der Waals surface area contributed by atoms with Crippen molar-refractivity contribution in [3.05, 3.63) is 70.3 Å². The molecule has 11 heteroatoms. The van der Waals surface area contributed by atoms with Crippen molar-refractivity contribution < 1.29 is 19.1 Å². The van der Waals surface area contributed by atoms with Gasteiger partial charge in [-0.3, -0.25) is 19.5 Å². The highest BCUT2D eigenvalue weighted by atomic mass is 35.5. The van der Waals surface area contributed by atoms with E-state index in [9.17, 15) is 14.4 Å². The molecule has 2 unspecified atom stereocenters. The number of aromatic amines is 1. The van der Waals surface area contributed by atoms with Crippen molar-refractivity contribution >= 4 is 46.5 Å². The van der Waals surface area contributed by atoms with E-state index < -0.39 is 27.9 Å². The summed E-state index contributed by atoms with van der Waals surface area (Å²) in [4.78, 5) is 44.6. The lowest BCUT2D eigenvalue weighted by Crippen LogP contribution is -2.53. The van der Waals surface area contributed by atoms with Gasteiger partial charge in [-0.1, -0.05) is 86.6 Å². The Morgan fingerprint density at radius 3 is 2.04 bits per heavy atom. The molecule has 4 N–H and O–H groups in total. The van der Waals surface area contributed by atoms with E-state index in [1.807, 2.05) is 24.3 Å². The number of hydrogen-bond donors (Lipinski definition) is 3. The Balaban J connectivity index is 2.15. The lowest BCUT2D eigenvalue weighted by atomic mass is 9.69. The molecule has 250 valence electrons. The smallest absolute Gasteiger partial charge is 0.246 e. The summed E-state index contributed by atoms with van der Waals surface area (Å²) in [6.07, 6.45) is 1.45. The van der Waals surface area contributed by atoms with Gasteiger partial charge >= 0.3 is 0 Å². The van der Waals surface area contributed by atoms with Crippen LogP contribution in [0.3, 0.4) is 0 Å². The number of hydrogen-bond acceptors (Lipinski definition) is 6. The standard InChI is InChI=1S/C35H47Cl2N5O4/c1-10-33(6,7)23-20-24(34(8,9)11-2)25(19-22(23)26(36)27(43)39-21-15-13-12-14-16-21)46-18-17-35(29(38)45,28(44)32(3,4)5)30-40-31(37)42-41-30/h12-16,19-20,26H,10-11,17-18H2,1-9H3,(H2,38,45)(H,39,43)(H,40,41,42). The molecule has 0 aliphatic carbocycles. The average molecular weight is 673 g/mol. The normalized spacial score (nSPS) is 14.3. The van der Waals surface area contributed by atoms with E-state index in [0.717, 1.165) is 24.0 Å². The fraction of sp³-hybridized carbons (Fsp3) is 0.514. The fourth-order valence-corrected chi connectivity index (χ4v) is 5.73. The molecule has 0 saturated carbocycles. The average Bonchev–Trinajstić information content (AvgIpc) is 3.44. The number of nitrogens with zero attached hydrogens (tertiary/aromatic N) is 2. The molecule has 0 radical (unpaired) electrons. The van der Waals surface area contributed by atoms with Gasteiger partial charge in [0, 0.05) is 23.1 Å². The van der Waals surface area contributed by atoms with Gasteiger partial charge in [-0.15, -0.1) is 16.7 Å². The first-order valence-corrected chi connectivity index (χ1v) is 16.4. The van der Waals surface area contributed by atoms with E-state index in [-0.39, 0.29) is 40.9 Å². The van der Waals surface area contributed by atoms with Crippen LogP contribution in [0.2, 0.25) is 5.28 Å². The number of nitrogens with one attached hydrogen (secondary N) is 2. The van der Waals surface area contributed by atoms with Crippen LogP contribution in [0, 0.1) is 5.41 Å². The van der Waals surface area contributed by atoms with Crippen molar-refractivity contribution in [3.63, 3.8) is 0 Å². The van der Waals surface area contributed by atoms with Crippen molar-refractivity contribution in [1.29, 1.82) is 0 Å². The van der Waals surface area contributed by atoms with Crippen LogP contribution in [0.4, 0.5) is 5.69 Å². The highest BCUT2D eigenvalue weighted by Crippen LogP contribution is 2.44. The molecule has 46 heavy (non-hydrogen) atoms. The molecular weight excluding hydrogens is 625 g/mol. The number of primary amides is 1. The number of amides is 2. The zero-order valence-corrected chi connectivity index (χ0v) is 29.8. The number of alkyl halides is 1. The molecule has 2 amide bonds. The van der Waals surface area contributed by atoms with Gasteiger partial charge in [0.2, 0.25) is 17.1 Å². The third-order valence-electron chi connectivity index (χ3n) is 9.01. The maximum absolute atomic E-state index is 13.9. The maximum Gasteiger partial charge on any atom is 0.246 e. The van der Waals surface area contributed by atoms with E-state index in [1.54, 1.807) is 32.9 Å². The van der Waals surface area contributed by atoms with E-state index in [2.05, 4.69) is 68.1 Å². The molecule has 0 bridgehead atoms. The minimum Gasteiger partial charge on any atom is -0.493 e. The fourth-order valence-electron chi connectivity index (χ4n) is 5.37. The van der Waals surface area contributed by atoms with Crippen LogP contribution in [-0.4, -0.2) is 39.4 Å². The zero-order valence-electron chi connectivity index (χ0n) is 28.3. The Hall–Kier alpha value is -3.43. The first-order chi connectivity index (χ1) is 21.3. The summed E-state index contributed by atoms with van der Waals surface area (Å²) in [7, 11) is 0. The monoisotopic (exact) mass is 671 g/mol. The minimum atomic E-state index is -1.88. The summed E-state index contributed by atoms with van der Waals surface area (Å²) in [5.41, 5.74) is 5.56. The SMILES string of the molecule is CCC(C)(C)c1cc(C(C)(C)CC)c(C(Cl)C(=O)Nc2ccccc2)cc1OCCC(C(N)=O)(C(=O)C(C)(C)C)c1nc(Cl)n[nH]1. The lowest BCUT2D eigenvalue weighted by molar-refractivity contribution is -0.141. The molecule has 3 aromatic rings. The Bertz CT molecular complexity index is 1560. The van der Waals surface area contributed by atoms with Crippen LogP contribution in [0.25, 0.3) is 0 Å². The summed E-state index contributed by atoms with van der Waals surface area (Å²) in [5, 5.41) is 8.20. The van der Waals surface area contributed by atoms with Crippen molar-refractivity contribution in [3.8, 4) is 5.75 Å². The number of ketones is 1. The number of anilines is 1. The number of ether oxygens (including phenoxy) is 1. The number of Topliss-reactive ketones (excluding diaryl/α,β-unsaturated/α-hetero) is 1. The molecule has 0 saturated heterocycles. The van der Waals surface area contributed by atoms with Crippen molar-refractivity contribution in [2.24, 2.45) is 11.1 Å². The number of halogens is 2. The number of nitrogens with two attached hydrogens (primary N) is 1. The number of aromatic nitrogens is 3.